The highest BCUT2D eigenvalue weighted by atomic mass is 15.3. The molecule has 1 aromatic heterocycles. The van der Waals surface area contributed by atoms with Gasteiger partial charge in [-0.05, 0) is 69.6 Å². The first-order valence-electron chi connectivity index (χ1n) is 8.36. The monoisotopic (exact) mass is 273 g/mol. The van der Waals surface area contributed by atoms with Crippen LogP contribution in [0.4, 0.5) is 0 Å². The van der Waals surface area contributed by atoms with Crippen LogP contribution in [0.1, 0.15) is 56.3 Å². The zero-order valence-electron chi connectivity index (χ0n) is 13.0. The van der Waals surface area contributed by atoms with E-state index in [-0.39, 0.29) is 0 Å². The van der Waals surface area contributed by atoms with Gasteiger partial charge >= 0.3 is 0 Å². The highest BCUT2D eigenvalue weighted by molar-refractivity contribution is 5.20. The third kappa shape index (κ3) is 2.02. The fourth-order valence-electron chi connectivity index (χ4n) is 5.62. The fourth-order valence-corrected chi connectivity index (χ4v) is 5.62. The lowest BCUT2D eigenvalue weighted by molar-refractivity contribution is -0.0171. The van der Waals surface area contributed by atoms with Crippen molar-refractivity contribution < 1.29 is 0 Å². The number of hydrogen-bond acceptors (Lipinski definition) is 2. The molecule has 1 atom stereocenters. The van der Waals surface area contributed by atoms with Gasteiger partial charge in [0, 0.05) is 30.9 Å². The number of rotatable bonds is 3. The molecular weight excluding hydrogens is 246 g/mol. The minimum Gasteiger partial charge on any atom is -0.307 e. The maximum Gasteiger partial charge on any atom is 0.0641 e. The summed E-state index contributed by atoms with van der Waals surface area (Å²) >= 11 is 0. The Morgan fingerprint density at radius 3 is 2.25 bits per heavy atom. The lowest BCUT2D eigenvalue weighted by Crippen LogP contribution is -2.54. The van der Waals surface area contributed by atoms with Crippen LogP contribution in [0.3, 0.4) is 0 Å². The predicted molar refractivity (Wildman–Crippen MR) is 80.3 cm³/mol. The van der Waals surface area contributed by atoms with E-state index in [2.05, 4.69) is 30.5 Å². The minimum atomic E-state index is 0.436. The van der Waals surface area contributed by atoms with Crippen LogP contribution in [0.25, 0.3) is 0 Å². The van der Waals surface area contributed by atoms with Gasteiger partial charge in [-0.3, -0.25) is 4.68 Å². The SMILES string of the molecule is Cc1nn(C)cc1C(C)NC1C2CC3CC(C2)CC1C3. The van der Waals surface area contributed by atoms with Crippen molar-refractivity contribution >= 4 is 0 Å². The van der Waals surface area contributed by atoms with Crippen molar-refractivity contribution in [1.29, 1.82) is 0 Å². The van der Waals surface area contributed by atoms with E-state index in [0.29, 0.717) is 6.04 Å². The Morgan fingerprint density at radius 1 is 1.15 bits per heavy atom. The zero-order valence-corrected chi connectivity index (χ0v) is 13.0. The highest BCUT2D eigenvalue weighted by Gasteiger charge is 2.48. The standard InChI is InChI=1S/C17H27N3/c1-10(16-9-20(3)19-11(16)2)18-17-14-5-12-4-13(7-14)8-15(17)6-12/h9-10,12-15,17-18H,4-8H2,1-3H3. The second-order valence-corrected chi connectivity index (χ2v) is 7.69. The topological polar surface area (TPSA) is 29.9 Å². The van der Waals surface area contributed by atoms with E-state index in [4.69, 9.17) is 0 Å². The Hall–Kier alpha value is -0.830. The molecule has 4 bridgehead atoms. The zero-order chi connectivity index (χ0) is 13.9. The summed E-state index contributed by atoms with van der Waals surface area (Å²) in [5.74, 6) is 4.02. The first kappa shape index (κ1) is 12.9. The molecule has 4 aliphatic carbocycles. The quantitative estimate of drug-likeness (QED) is 0.916. The van der Waals surface area contributed by atoms with Crippen molar-refractivity contribution in [2.24, 2.45) is 30.7 Å². The summed E-state index contributed by atoms with van der Waals surface area (Å²) in [6.07, 6.45) is 9.68. The third-order valence-electron chi connectivity index (χ3n) is 6.19. The molecule has 5 rings (SSSR count). The molecule has 3 heteroatoms. The van der Waals surface area contributed by atoms with Gasteiger partial charge < -0.3 is 5.32 Å². The Kier molecular flexibility index (Phi) is 2.95. The molecule has 1 heterocycles. The summed E-state index contributed by atoms with van der Waals surface area (Å²) in [6.45, 7) is 4.44. The molecule has 20 heavy (non-hydrogen) atoms. The van der Waals surface area contributed by atoms with Crippen LogP contribution in [-0.4, -0.2) is 15.8 Å². The molecule has 1 aromatic rings. The smallest absolute Gasteiger partial charge is 0.0641 e. The van der Waals surface area contributed by atoms with Gasteiger partial charge in [-0.2, -0.15) is 5.10 Å². The highest BCUT2D eigenvalue weighted by Crippen LogP contribution is 2.54. The van der Waals surface area contributed by atoms with Crippen LogP contribution in [0, 0.1) is 30.6 Å². The van der Waals surface area contributed by atoms with Crippen molar-refractivity contribution in [3.8, 4) is 0 Å². The number of hydrogen-bond donors (Lipinski definition) is 1. The van der Waals surface area contributed by atoms with Crippen molar-refractivity contribution in [2.75, 3.05) is 0 Å². The Labute approximate surface area is 122 Å². The maximum atomic E-state index is 4.49. The van der Waals surface area contributed by atoms with E-state index in [0.717, 1.165) is 29.7 Å². The molecule has 0 aromatic carbocycles. The van der Waals surface area contributed by atoms with Crippen LogP contribution in [-0.2, 0) is 7.05 Å². The lowest BCUT2D eigenvalue weighted by Gasteiger charge is -2.55. The third-order valence-corrected chi connectivity index (χ3v) is 6.19. The number of aryl methyl sites for hydroxylation is 2. The van der Waals surface area contributed by atoms with Gasteiger partial charge in [0.2, 0.25) is 0 Å². The second kappa shape index (κ2) is 4.59. The molecule has 4 saturated carbocycles. The fraction of sp³-hybridized carbons (Fsp3) is 0.824. The van der Waals surface area contributed by atoms with Crippen molar-refractivity contribution in [2.45, 2.75) is 58.0 Å². The molecule has 0 saturated heterocycles. The minimum absolute atomic E-state index is 0.436. The predicted octanol–water partition coefficient (Wildman–Crippen LogP) is 3.20. The number of nitrogens with one attached hydrogen (secondary N) is 1. The first-order valence-corrected chi connectivity index (χ1v) is 8.36. The van der Waals surface area contributed by atoms with Crippen LogP contribution >= 0.6 is 0 Å². The second-order valence-electron chi connectivity index (χ2n) is 7.69. The van der Waals surface area contributed by atoms with E-state index < -0.39 is 0 Å². The Bertz CT molecular complexity index is 476. The van der Waals surface area contributed by atoms with Gasteiger partial charge in [-0.1, -0.05) is 0 Å². The summed E-state index contributed by atoms with van der Waals surface area (Å²) in [6, 6.07) is 1.20. The van der Waals surface area contributed by atoms with Gasteiger partial charge in [-0.15, -0.1) is 0 Å². The van der Waals surface area contributed by atoms with Crippen LogP contribution < -0.4 is 5.32 Å². The summed E-state index contributed by atoms with van der Waals surface area (Å²) in [7, 11) is 2.02. The first-order chi connectivity index (χ1) is 9.60. The van der Waals surface area contributed by atoms with E-state index in [1.807, 2.05) is 11.7 Å². The molecule has 1 unspecified atom stereocenters. The number of nitrogens with zero attached hydrogens (tertiary/aromatic N) is 2. The van der Waals surface area contributed by atoms with Gasteiger partial charge in [0.05, 0.1) is 5.69 Å². The largest absolute Gasteiger partial charge is 0.307 e. The molecule has 4 aliphatic rings. The molecule has 0 radical (unpaired) electrons. The molecule has 1 N–H and O–H groups in total. The maximum absolute atomic E-state index is 4.49. The van der Waals surface area contributed by atoms with Gasteiger partial charge in [0.1, 0.15) is 0 Å². The van der Waals surface area contributed by atoms with Gasteiger partial charge in [-0.25, -0.2) is 0 Å². The molecule has 0 aliphatic heterocycles. The lowest BCUT2D eigenvalue weighted by atomic mass is 9.54. The average Bonchev–Trinajstić information content (AvgIpc) is 2.72. The molecule has 0 spiro atoms. The summed E-state index contributed by atoms with van der Waals surface area (Å²) in [5, 5.41) is 8.47. The number of aromatic nitrogens is 2. The summed E-state index contributed by atoms with van der Waals surface area (Å²) in [4.78, 5) is 0. The van der Waals surface area contributed by atoms with E-state index in [1.165, 1.54) is 43.4 Å². The van der Waals surface area contributed by atoms with Crippen LogP contribution in [0.2, 0.25) is 0 Å². The van der Waals surface area contributed by atoms with Crippen LogP contribution in [0.5, 0.6) is 0 Å². The Morgan fingerprint density at radius 2 is 1.75 bits per heavy atom. The molecule has 0 amide bonds. The summed E-state index contributed by atoms with van der Waals surface area (Å²) < 4.78 is 1.94. The van der Waals surface area contributed by atoms with Crippen LogP contribution in [0.15, 0.2) is 6.20 Å². The average molecular weight is 273 g/mol. The van der Waals surface area contributed by atoms with Crippen molar-refractivity contribution in [1.82, 2.24) is 15.1 Å². The van der Waals surface area contributed by atoms with E-state index >= 15 is 0 Å². The van der Waals surface area contributed by atoms with Crippen molar-refractivity contribution in [3.05, 3.63) is 17.5 Å². The van der Waals surface area contributed by atoms with Crippen molar-refractivity contribution in [3.63, 3.8) is 0 Å². The molecule has 4 fully saturated rings. The van der Waals surface area contributed by atoms with Gasteiger partial charge in [0.25, 0.3) is 0 Å². The normalized spacial score (nSPS) is 40.2. The molecular formula is C17H27N3. The van der Waals surface area contributed by atoms with E-state index in [1.54, 1.807) is 0 Å². The van der Waals surface area contributed by atoms with E-state index in [9.17, 15) is 0 Å². The summed E-state index contributed by atoms with van der Waals surface area (Å²) in [5.41, 5.74) is 2.55. The molecule has 110 valence electrons. The Balaban J connectivity index is 1.50. The van der Waals surface area contributed by atoms with Gasteiger partial charge in [0.15, 0.2) is 0 Å². The molecule has 3 nitrogen and oxygen atoms in total.